The van der Waals surface area contributed by atoms with Gasteiger partial charge < -0.3 is 10.1 Å². The summed E-state index contributed by atoms with van der Waals surface area (Å²) in [6, 6.07) is 7.75. The fraction of sp³-hybridized carbons (Fsp3) is 0.111. The zero-order valence-corrected chi connectivity index (χ0v) is 17.8. The number of hydrogen-bond donors (Lipinski definition) is 1. The minimum atomic E-state index is -3.50. The Morgan fingerprint density at radius 2 is 1.90 bits per heavy atom. The van der Waals surface area contributed by atoms with Gasteiger partial charge in [0.05, 0.1) is 20.6 Å². The van der Waals surface area contributed by atoms with Crippen molar-refractivity contribution in [3.05, 3.63) is 57.1 Å². The molecule has 0 unspecified atom stereocenters. The first-order valence-electron chi connectivity index (χ1n) is 7.90. The Morgan fingerprint density at radius 3 is 2.59 bits per heavy atom. The first kappa shape index (κ1) is 21.5. The lowest BCUT2D eigenvalue weighted by Gasteiger charge is -2.09. The molecule has 29 heavy (non-hydrogen) atoms. The van der Waals surface area contributed by atoms with Gasteiger partial charge in [0.1, 0.15) is 10.7 Å². The minimum Gasteiger partial charge on any atom is -0.451 e. The first-order chi connectivity index (χ1) is 13.6. The largest absolute Gasteiger partial charge is 0.451 e. The quantitative estimate of drug-likeness (QED) is 0.546. The molecule has 0 aliphatic rings. The molecule has 0 atom stereocenters. The maximum Gasteiger partial charge on any atom is 0.350 e. The van der Waals surface area contributed by atoms with Gasteiger partial charge in [-0.3, -0.25) is 4.79 Å². The average Bonchev–Trinajstić information content (AvgIpc) is 2.96. The van der Waals surface area contributed by atoms with Gasteiger partial charge in [0.15, 0.2) is 16.4 Å². The third-order valence-electron chi connectivity index (χ3n) is 3.75. The maximum absolute atomic E-state index is 13.3. The molecule has 3 rings (SSSR count). The number of rotatable bonds is 5. The van der Waals surface area contributed by atoms with Gasteiger partial charge in [-0.05, 0) is 36.4 Å². The van der Waals surface area contributed by atoms with Crippen LogP contribution in [0.15, 0.2) is 41.3 Å². The predicted molar refractivity (Wildman–Crippen MR) is 110 cm³/mol. The number of anilines is 1. The number of esters is 1. The first-order valence-corrected chi connectivity index (χ1v) is 11.4. The van der Waals surface area contributed by atoms with Gasteiger partial charge in [0.25, 0.3) is 5.91 Å². The molecule has 1 aromatic heterocycles. The van der Waals surface area contributed by atoms with E-state index in [1.807, 2.05) is 0 Å². The van der Waals surface area contributed by atoms with E-state index < -0.39 is 34.1 Å². The molecular weight excluding hydrogens is 464 g/mol. The molecule has 0 aliphatic heterocycles. The van der Waals surface area contributed by atoms with E-state index in [9.17, 15) is 22.4 Å². The molecular formula is C18H12Cl2FNO5S2. The lowest BCUT2D eigenvalue weighted by Crippen LogP contribution is -2.21. The van der Waals surface area contributed by atoms with Gasteiger partial charge in [-0.15, -0.1) is 11.3 Å². The second-order valence-corrected chi connectivity index (χ2v) is 9.78. The number of carbonyl (C=O) groups excluding carboxylic acids is 2. The van der Waals surface area contributed by atoms with Crippen molar-refractivity contribution in [1.82, 2.24) is 0 Å². The van der Waals surface area contributed by atoms with Crippen LogP contribution in [0.2, 0.25) is 10.0 Å². The molecule has 2 aromatic carbocycles. The maximum atomic E-state index is 13.3. The molecule has 11 heteroatoms. The molecule has 1 heterocycles. The second-order valence-electron chi connectivity index (χ2n) is 5.92. The minimum absolute atomic E-state index is 0.0292. The molecule has 0 spiro atoms. The number of nitrogens with one attached hydrogen (secondary N) is 1. The predicted octanol–water partition coefficient (Wildman–Crippen LogP) is 4.55. The highest BCUT2D eigenvalue weighted by molar-refractivity contribution is 7.90. The summed E-state index contributed by atoms with van der Waals surface area (Å²) in [5.74, 6) is -2.04. The summed E-state index contributed by atoms with van der Waals surface area (Å²) in [6.07, 6.45) is 1.02. The zero-order chi connectivity index (χ0) is 21.3. The second kappa shape index (κ2) is 8.27. The topological polar surface area (TPSA) is 89.5 Å². The van der Waals surface area contributed by atoms with E-state index in [1.54, 1.807) is 0 Å². The lowest BCUT2D eigenvalue weighted by atomic mass is 10.2. The van der Waals surface area contributed by atoms with Gasteiger partial charge in [-0.1, -0.05) is 23.2 Å². The number of benzene rings is 2. The molecule has 152 valence electrons. The molecule has 0 saturated carbocycles. The van der Waals surface area contributed by atoms with E-state index >= 15 is 0 Å². The molecule has 1 amide bonds. The SMILES string of the molecule is CS(=O)(=O)c1ccc(Cl)c(NC(=O)COC(=O)c2sc3cc(F)ccc3c2Cl)c1. The molecule has 3 aromatic rings. The van der Waals surface area contributed by atoms with Crippen molar-refractivity contribution in [3.63, 3.8) is 0 Å². The van der Waals surface area contributed by atoms with Crippen molar-refractivity contribution in [3.8, 4) is 0 Å². The third-order valence-corrected chi connectivity index (χ3v) is 6.83. The number of halogens is 3. The highest BCUT2D eigenvalue weighted by atomic mass is 35.5. The summed E-state index contributed by atoms with van der Waals surface area (Å²) >= 11 is 13.0. The van der Waals surface area contributed by atoms with Crippen LogP contribution in [0.5, 0.6) is 0 Å². The Kier molecular flexibility index (Phi) is 6.13. The van der Waals surface area contributed by atoms with Gasteiger partial charge >= 0.3 is 5.97 Å². The molecule has 0 radical (unpaired) electrons. The highest BCUT2D eigenvalue weighted by Crippen LogP contribution is 2.36. The van der Waals surface area contributed by atoms with Crippen molar-refractivity contribution in [2.45, 2.75) is 4.90 Å². The van der Waals surface area contributed by atoms with Crippen LogP contribution in [-0.2, 0) is 19.4 Å². The number of ether oxygens (including phenoxy) is 1. The van der Waals surface area contributed by atoms with E-state index in [2.05, 4.69) is 5.32 Å². The Hall–Kier alpha value is -2.20. The monoisotopic (exact) mass is 475 g/mol. The Morgan fingerprint density at radius 1 is 1.17 bits per heavy atom. The molecule has 0 bridgehead atoms. The van der Waals surface area contributed by atoms with Crippen LogP contribution < -0.4 is 5.32 Å². The summed E-state index contributed by atoms with van der Waals surface area (Å²) in [5, 5.41) is 3.11. The average molecular weight is 476 g/mol. The molecule has 0 aliphatic carbocycles. The van der Waals surface area contributed by atoms with Crippen molar-refractivity contribution in [1.29, 1.82) is 0 Å². The van der Waals surface area contributed by atoms with Crippen molar-refractivity contribution in [2.75, 3.05) is 18.2 Å². The van der Waals surface area contributed by atoms with Crippen LogP contribution in [0.3, 0.4) is 0 Å². The van der Waals surface area contributed by atoms with E-state index in [4.69, 9.17) is 27.9 Å². The number of hydrogen-bond acceptors (Lipinski definition) is 6. The fourth-order valence-electron chi connectivity index (χ4n) is 2.38. The standard InChI is InChI=1S/C18H12Cl2FNO5S2/c1-29(25,26)10-3-5-12(19)13(7-10)22-15(23)8-27-18(24)17-16(20)11-4-2-9(21)6-14(11)28-17/h2-7H,8H2,1H3,(H,22,23). The van der Waals surface area contributed by atoms with Crippen LogP contribution in [0.1, 0.15) is 9.67 Å². The van der Waals surface area contributed by atoms with Crippen LogP contribution in [0.25, 0.3) is 10.1 Å². The normalized spacial score (nSPS) is 11.4. The van der Waals surface area contributed by atoms with Gasteiger partial charge in [0.2, 0.25) is 0 Å². The van der Waals surface area contributed by atoms with E-state index in [0.29, 0.717) is 10.1 Å². The summed E-state index contributed by atoms with van der Waals surface area (Å²) in [7, 11) is -3.50. The van der Waals surface area contributed by atoms with Gasteiger partial charge in [-0.25, -0.2) is 17.6 Å². The van der Waals surface area contributed by atoms with Gasteiger partial charge in [0, 0.05) is 16.3 Å². The lowest BCUT2D eigenvalue weighted by molar-refractivity contribution is -0.119. The van der Waals surface area contributed by atoms with Crippen molar-refractivity contribution < 1.29 is 27.1 Å². The van der Waals surface area contributed by atoms with E-state index in [1.165, 1.54) is 36.4 Å². The Labute approximate surface area is 179 Å². The Bertz CT molecular complexity index is 1240. The summed E-state index contributed by atoms with van der Waals surface area (Å²) in [6.45, 7) is -0.656. The highest BCUT2D eigenvalue weighted by Gasteiger charge is 2.20. The molecule has 6 nitrogen and oxygen atoms in total. The summed E-state index contributed by atoms with van der Waals surface area (Å²) in [5.41, 5.74) is 0.0611. The zero-order valence-electron chi connectivity index (χ0n) is 14.7. The van der Waals surface area contributed by atoms with Crippen molar-refractivity contribution in [2.24, 2.45) is 0 Å². The van der Waals surface area contributed by atoms with Crippen molar-refractivity contribution >= 4 is 72.0 Å². The smallest absolute Gasteiger partial charge is 0.350 e. The number of carbonyl (C=O) groups is 2. The summed E-state index contributed by atoms with van der Waals surface area (Å²) < 4.78 is 42.0. The summed E-state index contributed by atoms with van der Waals surface area (Å²) in [4.78, 5) is 24.4. The van der Waals surface area contributed by atoms with Crippen LogP contribution in [-0.4, -0.2) is 33.2 Å². The van der Waals surface area contributed by atoms with Gasteiger partial charge in [-0.2, -0.15) is 0 Å². The Balaban J connectivity index is 1.70. The van der Waals surface area contributed by atoms with E-state index in [0.717, 1.165) is 17.6 Å². The van der Waals surface area contributed by atoms with Crippen LogP contribution >= 0.6 is 34.5 Å². The number of fused-ring (bicyclic) bond motifs is 1. The fourth-order valence-corrected chi connectivity index (χ4v) is 4.62. The molecule has 0 fully saturated rings. The molecule has 0 saturated heterocycles. The molecule has 1 N–H and O–H groups in total. The number of amides is 1. The number of sulfone groups is 1. The third kappa shape index (κ3) is 4.87. The van der Waals surface area contributed by atoms with E-state index in [-0.39, 0.29) is 25.5 Å². The van der Waals surface area contributed by atoms with Crippen LogP contribution in [0, 0.1) is 5.82 Å². The number of thiophene rings is 1. The van der Waals surface area contributed by atoms with Crippen LogP contribution in [0.4, 0.5) is 10.1 Å².